The number of hydrogen-bond acceptors (Lipinski definition) is 3. The van der Waals surface area contributed by atoms with Crippen LogP contribution < -0.4 is 5.32 Å². The second-order valence-electron chi connectivity index (χ2n) is 5.23. The smallest absolute Gasteiger partial charge is 0.337 e. The van der Waals surface area contributed by atoms with Crippen molar-refractivity contribution >= 4 is 23.4 Å². The highest BCUT2D eigenvalue weighted by molar-refractivity contribution is 6.33. The van der Waals surface area contributed by atoms with Crippen LogP contribution in [0.5, 0.6) is 0 Å². The molecule has 1 heterocycles. The predicted octanol–water partition coefficient (Wildman–Crippen LogP) is 4.06. The van der Waals surface area contributed by atoms with Crippen LogP contribution in [0.4, 0.5) is 5.82 Å². The fourth-order valence-electron chi connectivity index (χ4n) is 1.80. The van der Waals surface area contributed by atoms with Gasteiger partial charge in [-0.1, -0.05) is 38.3 Å². The summed E-state index contributed by atoms with van der Waals surface area (Å²) in [6.45, 7) is 6.49. The summed E-state index contributed by atoms with van der Waals surface area (Å²) in [5.74, 6) is 0.235. The number of anilines is 1. The van der Waals surface area contributed by atoms with E-state index in [9.17, 15) is 4.79 Å². The maximum absolute atomic E-state index is 10.8. The number of nitrogens with one attached hydrogen (secondary N) is 1. The van der Waals surface area contributed by atoms with E-state index in [2.05, 4.69) is 31.1 Å². The SMILES string of the molecule is CC(C)CCCC(C)Nc1ncc(C(=O)O)cc1Cl. The topological polar surface area (TPSA) is 62.2 Å². The number of hydrogen-bond donors (Lipinski definition) is 2. The molecule has 1 aromatic heterocycles. The Labute approximate surface area is 119 Å². The van der Waals surface area contributed by atoms with Gasteiger partial charge in [-0.2, -0.15) is 0 Å². The molecule has 0 aliphatic carbocycles. The number of nitrogens with zero attached hydrogens (tertiary/aromatic N) is 1. The zero-order valence-corrected chi connectivity index (χ0v) is 12.4. The molecule has 1 aromatic rings. The largest absolute Gasteiger partial charge is 0.478 e. The number of halogens is 1. The van der Waals surface area contributed by atoms with Crippen LogP contribution in [-0.2, 0) is 0 Å². The van der Waals surface area contributed by atoms with Gasteiger partial charge in [0.1, 0.15) is 5.82 Å². The quantitative estimate of drug-likeness (QED) is 0.792. The van der Waals surface area contributed by atoms with E-state index in [1.54, 1.807) is 0 Å². The lowest BCUT2D eigenvalue weighted by molar-refractivity contribution is 0.0696. The zero-order chi connectivity index (χ0) is 14.4. The third-order valence-corrected chi connectivity index (χ3v) is 3.18. The molecule has 1 rings (SSSR count). The van der Waals surface area contributed by atoms with Crippen LogP contribution >= 0.6 is 11.6 Å². The summed E-state index contributed by atoms with van der Waals surface area (Å²) in [6.07, 6.45) is 4.70. The fraction of sp³-hybridized carbons (Fsp3) is 0.571. The maximum atomic E-state index is 10.8. The molecule has 0 aliphatic heterocycles. The first-order valence-corrected chi connectivity index (χ1v) is 6.93. The average Bonchev–Trinajstić information content (AvgIpc) is 2.31. The summed E-state index contributed by atoms with van der Waals surface area (Å²) in [5, 5.41) is 12.4. The van der Waals surface area contributed by atoms with E-state index in [1.807, 2.05) is 0 Å². The number of pyridine rings is 1. The Hall–Kier alpha value is -1.29. The lowest BCUT2D eigenvalue weighted by Crippen LogP contribution is -2.16. The van der Waals surface area contributed by atoms with Crippen molar-refractivity contribution in [2.24, 2.45) is 5.92 Å². The number of carboxylic acid groups (broad SMARTS) is 1. The van der Waals surface area contributed by atoms with Gasteiger partial charge in [0.05, 0.1) is 10.6 Å². The molecular weight excluding hydrogens is 264 g/mol. The summed E-state index contributed by atoms with van der Waals surface area (Å²) in [7, 11) is 0. The molecule has 0 saturated carbocycles. The molecule has 4 nitrogen and oxygen atoms in total. The summed E-state index contributed by atoms with van der Waals surface area (Å²) in [6, 6.07) is 1.68. The van der Waals surface area contributed by atoms with Gasteiger partial charge < -0.3 is 10.4 Å². The molecule has 0 bridgehead atoms. The molecule has 0 radical (unpaired) electrons. The summed E-state index contributed by atoms with van der Waals surface area (Å²) in [4.78, 5) is 14.8. The molecule has 0 spiro atoms. The monoisotopic (exact) mass is 284 g/mol. The molecule has 19 heavy (non-hydrogen) atoms. The number of carbonyl (C=O) groups is 1. The zero-order valence-electron chi connectivity index (χ0n) is 11.6. The Kier molecular flexibility index (Phi) is 6.09. The predicted molar refractivity (Wildman–Crippen MR) is 78.0 cm³/mol. The lowest BCUT2D eigenvalue weighted by Gasteiger charge is -2.16. The highest BCUT2D eigenvalue weighted by atomic mass is 35.5. The first kappa shape index (κ1) is 15.8. The number of carboxylic acids is 1. The van der Waals surface area contributed by atoms with E-state index in [4.69, 9.17) is 16.7 Å². The first-order valence-electron chi connectivity index (χ1n) is 6.55. The van der Waals surface area contributed by atoms with E-state index in [0.29, 0.717) is 16.8 Å². The van der Waals surface area contributed by atoms with Crippen LogP contribution in [0.2, 0.25) is 5.02 Å². The molecule has 106 valence electrons. The summed E-state index contributed by atoms with van der Waals surface area (Å²) >= 11 is 6.01. The van der Waals surface area contributed by atoms with Crippen LogP contribution in [0.3, 0.4) is 0 Å². The minimum atomic E-state index is -1.02. The summed E-state index contributed by atoms with van der Waals surface area (Å²) < 4.78 is 0. The van der Waals surface area contributed by atoms with Crippen molar-refractivity contribution in [2.75, 3.05) is 5.32 Å². The van der Waals surface area contributed by atoms with Crippen LogP contribution in [0.25, 0.3) is 0 Å². The Balaban J connectivity index is 2.54. The van der Waals surface area contributed by atoms with Crippen LogP contribution in [-0.4, -0.2) is 22.1 Å². The Morgan fingerprint density at radius 2 is 2.11 bits per heavy atom. The molecule has 0 fully saturated rings. The highest BCUT2D eigenvalue weighted by Crippen LogP contribution is 2.22. The van der Waals surface area contributed by atoms with Crippen molar-refractivity contribution in [2.45, 2.75) is 46.1 Å². The number of rotatable bonds is 7. The van der Waals surface area contributed by atoms with Gasteiger partial charge in [-0.05, 0) is 25.3 Å². The minimum Gasteiger partial charge on any atom is -0.478 e. The minimum absolute atomic E-state index is 0.100. The Morgan fingerprint density at radius 1 is 1.42 bits per heavy atom. The Morgan fingerprint density at radius 3 is 2.63 bits per heavy atom. The van der Waals surface area contributed by atoms with Crippen LogP contribution in [0, 0.1) is 5.92 Å². The van der Waals surface area contributed by atoms with Gasteiger partial charge >= 0.3 is 5.97 Å². The average molecular weight is 285 g/mol. The van der Waals surface area contributed by atoms with Crippen molar-refractivity contribution in [3.8, 4) is 0 Å². The summed E-state index contributed by atoms with van der Waals surface area (Å²) in [5.41, 5.74) is 0.100. The van der Waals surface area contributed by atoms with E-state index in [0.717, 1.165) is 12.8 Å². The second kappa shape index (κ2) is 7.34. The van der Waals surface area contributed by atoms with Gasteiger partial charge in [-0.15, -0.1) is 0 Å². The first-order chi connectivity index (χ1) is 8.90. The van der Waals surface area contributed by atoms with E-state index >= 15 is 0 Å². The van der Waals surface area contributed by atoms with Crippen LogP contribution in [0.15, 0.2) is 12.3 Å². The van der Waals surface area contributed by atoms with Gasteiger partial charge in [0, 0.05) is 12.2 Å². The standard InChI is InChI=1S/C14H21ClN2O2/c1-9(2)5-4-6-10(3)17-13-12(15)7-11(8-16-13)14(18)19/h7-10H,4-6H2,1-3H3,(H,16,17)(H,18,19). The molecular formula is C14H21ClN2O2. The maximum Gasteiger partial charge on any atom is 0.337 e. The fourth-order valence-corrected chi connectivity index (χ4v) is 2.02. The molecule has 0 saturated heterocycles. The van der Waals surface area contributed by atoms with Crippen molar-refractivity contribution in [3.05, 3.63) is 22.8 Å². The number of aromatic nitrogens is 1. The van der Waals surface area contributed by atoms with Gasteiger partial charge in [0.15, 0.2) is 0 Å². The van der Waals surface area contributed by atoms with Gasteiger partial charge in [-0.3, -0.25) is 0 Å². The van der Waals surface area contributed by atoms with Gasteiger partial charge in [0.25, 0.3) is 0 Å². The van der Waals surface area contributed by atoms with E-state index < -0.39 is 5.97 Å². The van der Waals surface area contributed by atoms with Gasteiger partial charge in [-0.25, -0.2) is 9.78 Å². The molecule has 5 heteroatoms. The Bertz CT molecular complexity index is 435. The third kappa shape index (κ3) is 5.47. The van der Waals surface area contributed by atoms with E-state index in [-0.39, 0.29) is 11.6 Å². The molecule has 0 aromatic carbocycles. The van der Waals surface area contributed by atoms with E-state index in [1.165, 1.54) is 18.7 Å². The molecule has 0 aliphatic rings. The van der Waals surface area contributed by atoms with Crippen molar-refractivity contribution in [3.63, 3.8) is 0 Å². The third-order valence-electron chi connectivity index (χ3n) is 2.89. The molecule has 2 N–H and O–H groups in total. The van der Waals surface area contributed by atoms with Gasteiger partial charge in [0.2, 0.25) is 0 Å². The van der Waals surface area contributed by atoms with Crippen molar-refractivity contribution in [1.29, 1.82) is 0 Å². The normalized spacial score (nSPS) is 12.5. The molecule has 1 atom stereocenters. The molecule has 1 unspecified atom stereocenters. The second-order valence-corrected chi connectivity index (χ2v) is 5.64. The van der Waals surface area contributed by atoms with Crippen molar-refractivity contribution in [1.82, 2.24) is 4.98 Å². The molecule has 0 amide bonds. The number of aromatic carboxylic acids is 1. The highest BCUT2D eigenvalue weighted by Gasteiger charge is 2.10. The van der Waals surface area contributed by atoms with Crippen LogP contribution in [0.1, 0.15) is 50.4 Å². The van der Waals surface area contributed by atoms with Crippen molar-refractivity contribution < 1.29 is 9.90 Å². The lowest BCUT2D eigenvalue weighted by atomic mass is 10.0.